The first kappa shape index (κ1) is 9.58. The Morgan fingerprint density at radius 2 is 1.80 bits per heavy atom. The fraction of sp³-hybridized carbons (Fsp3) is 0.182. The molecule has 76 valence electrons. The summed E-state index contributed by atoms with van der Waals surface area (Å²) in [7, 11) is 0. The Morgan fingerprint density at radius 3 is 2.53 bits per heavy atom. The van der Waals surface area contributed by atoms with Gasteiger partial charge in [-0.1, -0.05) is 0 Å². The highest BCUT2D eigenvalue weighted by Gasteiger charge is 1.95. The van der Waals surface area contributed by atoms with E-state index in [1.807, 2.05) is 12.1 Å². The molecule has 4 heteroatoms. The molecule has 0 aliphatic rings. The minimum Gasteiger partial charge on any atom is -0.299 e. The van der Waals surface area contributed by atoms with E-state index >= 15 is 0 Å². The van der Waals surface area contributed by atoms with Gasteiger partial charge in [0.05, 0.1) is 6.33 Å². The Labute approximate surface area is 87.2 Å². The molecule has 0 N–H and O–H groups in total. The predicted octanol–water partition coefficient (Wildman–Crippen LogP) is 0.881. The van der Waals surface area contributed by atoms with E-state index in [1.165, 1.54) is 17.8 Å². The second-order valence-electron chi connectivity index (χ2n) is 3.22. The number of hydrogen-bond acceptors (Lipinski definition) is 3. The number of pyridine rings is 1. The molecule has 0 bridgehead atoms. The van der Waals surface area contributed by atoms with Crippen LogP contribution in [0.25, 0.3) is 0 Å². The molecule has 0 fully saturated rings. The van der Waals surface area contributed by atoms with E-state index in [4.69, 9.17) is 0 Å². The zero-order valence-electron chi connectivity index (χ0n) is 8.21. The van der Waals surface area contributed by atoms with E-state index < -0.39 is 0 Å². The highest BCUT2D eigenvalue weighted by atomic mass is 16.1. The highest BCUT2D eigenvalue weighted by Crippen LogP contribution is 1.98. The van der Waals surface area contributed by atoms with Crippen LogP contribution in [0.2, 0.25) is 0 Å². The Balaban J connectivity index is 2.06. The standard InChI is InChI=1S/C11H11N3O/c15-11-3-7-13-9-14(11)8-4-10-1-5-12-6-2-10/h1-3,5-7,9H,4,8H2. The lowest BCUT2D eigenvalue weighted by Gasteiger charge is -2.03. The molecule has 0 saturated carbocycles. The summed E-state index contributed by atoms with van der Waals surface area (Å²) in [6.45, 7) is 0.649. The highest BCUT2D eigenvalue weighted by molar-refractivity contribution is 5.09. The van der Waals surface area contributed by atoms with Crippen molar-refractivity contribution in [2.75, 3.05) is 0 Å². The van der Waals surface area contributed by atoms with Crippen molar-refractivity contribution in [1.82, 2.24) is 14.5 Å². The fourth-order valence-corrected chi connectivity index (χ4v) is 1.35. The summed E-state index contributed by atoms with van der Waals surface area (Å²) in [5, 5.41) is 0. The summed E-state index contributed by atoms with van der Waals surface area (Å²) < 4.78 is 1.60. The van der Waals surface area contributed by atoms with Crippen LogP contribution >= 0.6 is 0 Å². The van der Waals surface area contributed by atoms with Crippen molar-refractivity contribution in [2.45, 2.75) is 13.0 Å². The van der Waals surface area contributed by atoms with Crippen LogP contribution in [0.1, 0.15) is 5.56 Å². The van der Waals surface area contributed by atoms with Gasteiger partial charge in [0.25, 0.3) is 5.56 Å². The molecule has 2 aromatic heterocycles. The topological polar surface area (TPSA) is 47.8 Å². The molecule has 0 aliphatic heterocycles. The molecular formula is C11H11N3O. The van der Waals surface area contributed by atoms with E-state index in [0.717, 1.165) is 6.42 Å². The zero-order chi connectivity index (χ0) is 10.5. The van der Waals surface area contributed by atoms with Crippen LogP contribution in [0.5, 0.6) is 0 Å². The van der Waals surface area contributed by atoms with Crippen molar-refractivity contribution in [1.29, 1.82) is 0 Å². The SMILES string of the molecule is O=c1ccncn1CCc1ccncc1. The lowest BCUT2D eigenvalue weighted by Crippen LogP contribution is -2.19. The maximum atomic E-state index is 11.4. The normalized spacial score (nSPS) is 10.1. The van der Waals surface area contributed by atoms with Crippen LogP contribution in [0.3, 0.4) is 0 Å². The maximum Gasteiger partial charge on any atom is 0.253 e. The molecule has 0 radical (unpaired) electrons. The summed E-state index contributed by atoms with van der Waals surface area (Å²) in [6.07, 6.45) is 7.38. The van der Waals surface area contributed by atoms with Crippen molar-refractivity contribution >= 4 is 0 Å². The molecule has 4 nitrogen and oxygen atoms in total. The van der Waals surface area contributed by atoms with Gasteiger partial charge in [-0.2, -0.15) is 0 Å². The Hall–Kier alpha value is -1.97. The molecule has 0 spiro atoms. The first-order valence-corrected chi connectivity index (χ1v) is 4.75. The Bertz CT molecular complexity index is 478. The molecule has 0 unspecified atom stereocenters. The van der Waals surface area contributed by atoms with Gasteiger partial charge in [-0.05, 0) is 24.1 Å². The summed E-state index contributed by atoms with van der Waals surface area (Å²) in [4.78, 5) is 19.2. The number of aromatic nitrogens is 3. The summed E-state index contributed by atoms with van der Waals surface area (Å²) in [6, 6.07) is 5.36. The number of hydrogen-bond donors (Lipinski definition) is 0. The molecular weight excluding hydrogens is 190 g/mol. The van der Waals surface area contributed by atoms with Crippen LogP contribution in [0.4, 0.5) is 0 Å². The third-order valence-corrected chi connectivity index (χ3v) is 2.18. The zero-order valence-corrected chi connectivity index (χ0v) is 8.21. The summed E-state index contributed by atoms with van der Waals surface area (Å²) in [5.41, 5.74) is 1.15. The lowest BCUT2D eigenvalue weighted by atomic mass is 10.2. The molecule has 2 heterocycles. The quantitative estimate of drug-likeness (QED) is 0.740. The van der Waals surface area contributed by atoms with Crippen molar-refractivity contribution in [3.05, 3.63) is 59.0 Å². The van der Waals surface area contributed by atoms with Crippen molar-refractivity contribution in [2.24, 2.45) is 0 Å². The molecule has 0 amide bonds. The van der Waals surface area contributed by atoms with E-state index in [9.17, 15) is 4.79 Å². The third-order valence-electron chi connectivity index (χ3n) is 2.18. The number of rotatable bonds is 3. The molecule has 15 heavy (non-hydrogen) atoms. The van der Waals surface area contributed by atoms with Crippen molar-refractivity contribution in [3.63, 3.8) is 0 Å². The van der Waals surface area contributed by atoms with Crippen LogP contribution in [-0.2, 0) is 13.0 Å². The van der Waals surface area contributed by atoms with Gasteiger partial charge < -0.3 is 0 Å². The smallest absolute Gasteiger partial charge is 0.253 e. The van der Waals surface area contributed by atoms with Gasteiger partial charge >= 0.3 is 0 Å². The van der Waals surface area contributed by atoms with Crippen LogP contribution in [0.15, 0.2) is 47.9 Å². The third kappa shape index (κ3) is 2.49. The fourth-order valence-electron chi connectivity index (χ4n) is 1.35. The second kappa shape index (κ2) is 4.50. The molecule has 2 rings (SSSR count). The molecule has 0 atom stereocenters. The second-order valence-corrected chi connectivity index (χ2v) is 3.22. The first-order chi connectivity index (χ1) is 7.36. The van der Waals surface area contributed by atoms with Crippen LogP contribution < -0.4 is 5.56 Å². The van der Waals surface area contributed by atoms with Crippen LogP contribution in [0, 0.1) is 0 Å². The molecule has 0 saturated heterocycles. The van der Waals surface area contributed by atoms with Crippen molar-refractivity contribution in [3.8, 4) is 0 Å². The molecule has 2 aromatic rings. The van der Waals surface area contributed by atoms with E-state index in [1.54, 1.807) is 23.3 Å². The first-order valence-electron chi connectivity index (χ1n) is 4.75. The summed E-state index contributed by atoms with van der Waals surface area (Å²) in [5.74, 6) is 0. The average molecular weight is 201 g/mol. The van der Waals surface area contributed by atoms with Gasteiger partial charge in [0.15, 0.2) is 0 Å². The Kier molecular flexibility index (Phi) is 2.88. The van der Waals surface area contributed by atoms with Gasteiger partial charge in [-0.3, -0.25) is 14.3 Å². The predicted molar refractivity (Wildman–Crippen MR) is 56.4 cm³/mol. The van der Waals surface area contributed by atoms with Crippen LogP contribution in [-0.4, -0.2) is 14.5 Å². The van der Waals surface area contributed by atoms with E-state index in [2.05, 4.69) is 9.97 Å². The van der Waals surface area contributed by atoms with E-state index in [0.29, 0.717) is 6.54 Å². The van der Waals surface area contributed by atoms with Crippen molar-refractivity contribution < 1.29 is 0 Å². The number of aryl methyl sites for hydroxylation is 2. The minimum atomic E-state index is -0.0148. The van der Waals surface area contributed by atoms with Gasteiger partial charge in [0, 0.05) is 31.2 Å². The van der Waals surface area contributed by atoms with Gasteiger partial charge in [0.2, 0.25) is 0 Å². The minimum absolute atomic E-state index is 0.0148. The average Bonchev–Trinajstić information content (AvgIpc) is 2.29. The van der Waals surface area contributed by atoms with Gasteiger partial charge in [-0.15, -0.1) is 0 Å². The molecule has 0 aromatic carbocycles. The maximum absolute atomic E-state index is 11.4. The lowest BCUT2D eigenvalue weighted by molar-refractivity contribution is 0.654. The van der Waals surface area contributed by atoms with Gasteiger partial charge in [0.1, 0.15) is 0 Å². The van der Waals surface area contributed by atoms with Gasteiger partial charge in [-0.25, -0.2) is 4.98 Å². The van der Waals surface area contributed by atoms with E-state index in [-0.39, 0.29) is 5.56 Å². The largest absolute Gasteiger partial charge is 0.299 e. The monoisotopic (exact) mass is 201 g/mol. The number of nitrogens with zero attached hydrogens (tertiary/aromatic N) is 3. The molecule has 0 aliphatic carbocycles. The Morgan fingerprint density at radius 1 is 1.07 bits per heavy atom. The summed E-state index contributed by atoms with van der Waals surface area (Å²) >= 11 is 0.